The van der Waals surface area contributed by atoms with Gasteiger partial charge in [0.25, 0.3) is 5.69 Å². The monoisotopic (exact) mass is 345 g/mol. The van der Waals surface area contributed by atoms with Crippen LogP contribution in [0.1, 0.15) is 26.7 Å². The number of rotatable bonds is 6. The molecule has 0 aliphatic heterocycles. The van der Waals surface area contributed by atoms with Crippen LogP contribution in [0.25, 0.3) is 0 Å². The number of non-ortho nitro benzene ring substituents is 1. The Morgan fingerprint density at radius 2 is 1.84 bits per heavy atom. The highest BCUT2D eigenvalue weighted by Crippen LogP contribution is 2.29. The second-order valence-corrected chi connectivity index (χ2v) is 5.96. The third kappa shape index (κ3) is 4.43. The highest BCUT2D eigenvalue weighted by Gasteiger charge is 2.35. The summed E-state index contributed by atoms with van der Waals surface area (Å²) in [5, 5.41) is 13.6. The predicted octanol–water partition coefficient (Wildman–Crippen LogP) is 2.98. The lowest BCUT2D eigenvalue weighted by molar-refractivity contribution is -0.384. The van der Waals surface area contributed by atoms with Gasteiger partial charge in [0.1, 0.15) is 0 Å². The number of carbonyl (C=O) groups excluding carboxylic acids is 2. The third-order valence-corrected chi connectivity index (χ3v) is 4.49. The van der Waals surface area contributed by atoms with Gasteiger partial charge in [0.05, 0.1) is 16.8 Å². The predicted molar refractivity (Wildman–Crippen MR) is 95.0 cm³/mol. The van der Waals surface area contributed by atoms with E-state index in [9.17, 15) is 19.7 Å². The fourth-order valence-electron chi connectivity index (χ4n) is 3.08. The Morgan fingerprint density at radius 1 is 1.20 bits per heavy atom. The molecule has 0 radical (unpaired) electrons. The zero-order valence-electron chi connectivity index (χ0n) is 14.5. The SMILES string of the molecule is CCN(CC)C(=O)C1CC=CCC1C(=O)Nc1cccc([N+](=O)[O-])c1. The fraction of sp³-hybridized carbons (Fsp3) is 0.444. The second kappa shape index (κ2) is 8.41. The molecule has 0 spiro atoms. The number of hydrogen-bond donors (Lipinski definition) is 1. The van der Waals surface area contributed by atoms with Gasteiger partial charge in [-0.3, -0.25) is 19.7 Å². The standard InChI is InChI=1S/C18H23N3O4/c1-3-20(4-2)18(23)16-11-6-5-10-15(16)17(22)19-13-8-7-9-14(12-13)21(24)25/h5-9,12,15-16H,3-4,10-11H2,1-2H3,(H,19,22). The first kappa shape index (κ1) is 18.6. The summed E-state index contributed by atoms with van der Waals surface area (Å²) in [6.45, 7) is 5.04. The number of amides is 2. The van der Waals surface area contributed by atoms with Gasteiger partial charge in [-0.1, -0.05) is 18.2 Å². The molecule has 0 saturated heterocycles. The maximum atomic E-state index is 12.7. The molecule has 2 rings (SSSR count). The van der Waals surface area contributed by atoms with Crippen LogP contribution in [0.4, 0.5) is 11.4 Å². The van der Waals surface area contributed by atoms with Crippen molar-refractivity contribution in [1.82, 2.24) is 4.90 Å². The van der Waals surface area contributed by atoms with Gasteiger partial charge in [-0.25, -0.2) is 0 Å². The fourth-order valence-corrected chi connectivity index (χ4v) is 3.08. The topological polar surface area (TPSA) is 92.6 Å². The lowest BCUT2D eigenvalue weighted by Crippen LogP contribution is -2.43. The van der Waals surface area contributed by atoms with Gasteiger partial charge in [-0.2, -0.15) is 0 Å². The van der Waals surface area contributed by atoms with Crippen LogP contribution in [-0.2, 0) is 9.59 Å². The Hall–Kier alpha value is -2.70. The molecule has 0 heterocycles. The minimum absolute atomic E-state index is 0.0199. The van der Waals surface area contributed by atoms with Crippen LogP contribution in [0.5, 0.6) is 0 Å². The Morgan fingerprint density at radius 3 is 2.44 bits per heavy atom. The molecule has 7 nitrogen and oxygen atoms in total. The molecule has 0 saturated carbocycles. The number of nitrogens with one attached hydrogen (secondary N) is 1. The summed E-state index contributed by atoms with van der Waals surface area (Å²) < 4.78 is 0. The molecule has 1 N–H and O–H groups in total. The first-order valence-electron chi connectivity index (χ1n) is 8.47. The number of anilines is 1. The molecule has 1 aromatic rings. The number of nitro benzene ring substituents is 1. The van der Waals surface area contributed by atoms with E-state index in [1.807, 2.05) is 26.0 Å². The van der Waals surface area contributed by atoms with Gasteiger partial charge >= 0.3 is 0 Å². The van der Waals surface area contributed by atoms with Crippen molar-refractivity contribution in [1.29, 1.82) is 0 Å². The first-order valence-corrected chi connectivity index (χ1v) is 8.47. The van der Waals surface area contributed by atoms with E-state index in [0.717, 1.165) is 0 Å². The Labute approximate surface area is 146 Å². The van der Waals surface area contributed by atoms with Crippen LogP contribution in [0.2, 0.25) is 0 Å². The van der Waals surface area contributed by atoms with Gasteiger partial charge in [0.15, 0.2) is 0 Å². The molecule has 0 fully saturated rings. The molecule has 1 aliphatic carbocycles. The number of hydrogen-bond acceptors (Lipinski definition) is 4. The van der Waals surface area contributed by atoms with Crippen LogP contribution in [0, 0.1) is 22.0 Å². The normalized spacial score (nSPS) is 19.3. The Kier molecular flexibility index (Phi) is 6.27. The summed E-state index contributed by atoms with van der Waals surface area (Å²) in [4.78, 5) is 37.5. The molecule has 1 aliphatic rings. The smallest absolute Gasteiger partial charge is 0.271 e. The van der Waals surface area contributed by atoms with E-state index in [2.05, 4.69) is 5.32 Å². The molecular weight excluding hydrogens is 322 g/mol. The highest BCUT2D eigenvalue weighted by molar-refractivity contribution is 5.96. The zero-order valence-corrected chi connectivity index (χ0v) is 14.5. The molecule has 2 unspecified atom stereocenters. The lowest BCUT2D eigenvalue weighted by Gasteiger charge is -2.31. The Bertz CT molecular complexity index is 683. The summed E-state index contributed by atoms with van der Waals surface area (Å²) >= 11 is 0. The van der Waals surface area contributed by atoms with E-state index in [1.165, 1.54) is 18.2 Å². The maximum absolute atomic E-state index is 12.7. The molecule has 134 valence electrons. The second-order valence-electron chi connectivity index (χ2n) is 5.96. The summed E-state index contributed by atoms with van der Waals surface area (Å²) in [6.07, 6.45) is 4.85. The molecule has 0 bridgehead atoms. The van der Waals surface area contributed by atoms with Gasteiger partial charge in [-0.15, -0.1) is 0 Å². The minimum atomic E-state index is -0.508. The molecule has 2 atom stereocenters. The van der Waals surface area contributed by atoms with Crippen LogP contribution >= 0.6 is 0 Å². The Balaban J connectivity index is 2.15. The number of benzene rings is 1. The molecule has 7 heteroatoms. The van der Waals surface area contributed by atoms with E-state index in [4.69, 9.17) is 0 Å². The van der Waals surface area contributed by atoms with Crippen LogP contribution in [0.15, 0.2) is 36.4 Å². The van der Waals surface area contributed by atoms with Crippen LogP contribution < -0.4 is 5.32 Å². The average molecular weight is 345 g/mol. The molecule has 0 aromatic heterocycles. The van der Waals surface area contributed by atoms with E-state index < -0.39 is 16.8 Å². The zero-order chi connectivity index (χ0) is 18.4. The first-order chi connectivity index (χ1) is 12.0. The summed E-state index contributed by atoms with van der Waals surface area (Å²) in [5.41, 5.74) is 0.278. The van der Waals surface area contributed by atoms with Crippen molar-refractivity contribution in [3.8, 4) is 0 Å². The quantitative estimate of drug-likeness (QED) is 0.487. The number of allylic oxidation sites excluding steroid dienone is 2. The van der Waals surface area contributed by atoms with Gasteiger partial charge in [0.2, 0.25) is 11.8 Å². The molecular formula is C18H23N3O4. The van der Waals surface area contributed by atoms with Gasteiger partial charge < -0.3 is 10.2 Å². The van der Waals surface area contributed by atoms with E-state index in [-0.39, 0.29) is 17.5 Å². The van der Waals surface area contributed by atoms with Crippen molar-refractivity contribution in [3.05, 3.63) is 46.5 Å². The van der Waals surface area contributed by atoms with Crippen molar-refractivity contribution in [2.75, 3.05) is 18.4 Å². The number of carbonyl (C=O) groups is 2. The van der Waals surface area contributed by atoms with Gasteiger partial charge in [-0.05, 0) is 32.8 Å². The summed E-state index contributed by atoms with van der Waals surface area (Å²) in [7, 11) is 0. The number of nitrogens with zero attached hydrogens (tertiary/aromatic N) is 2. The molecule has 2 amide bonds. The number of nitro groups is 1. The van der Waals surface area contributed by atoms with Crippen LogP contribution in [0.3, 0.4) is 0 Å². The minimum Gasteiger partial charge on any atom is -0.343 e. The van der Waals surface area contributed by atoms with E-state index >= 15 is 0 Å². The van der Waals surface area contributed by atoms with E-state index in [1.54, 1.807) is 11.0 Å². The summed E-state index contributed by atoms with van der Waals surface area (Å²) in [5.74, 6) is -1.18. The maximum Gasteiger partial charge on any atom is 0.271 e. The van der Waals surface area contributed by atoms with Crippen molar-refractivity contribution < 1.29 is 14.5 Å². The van der Waals surface area contributed by atoms with Crippen molar-refractivity contribution in [2.24, 2.45) is 11.8 Å². The highest BCUT2D eigenvalue weighted by atomic mass is 16.6. The lowest BCUT2D eigenvalue weighted by atomic mass is 9.81. The summed E-state index contributed by atoms with van der Waals surface area (Å²) in [6, 6.07) is 5.81. The molecule has 1 aromatic carbocycles. The third-order valence-electron chi connectivity index (χ3n) is 4.49. The van der Waals surface area contributed by atoms with Crippen molar-refractivity contribution >= 4 is 23.2 Å². The van der Waals surface area contributed by atoms with Crippen LogP contribution in [-0.4, -0.2) is 34.7 Å². The van der Waals surface area contributed by atoms with Gasteiger partial charge in [0, 0.05) is 30.9 Å². The average Bonchev–Trinajstić information content (AvgIpc) is 2.62. The van der Waals surface area contributed by atoms with E-state index in [0.29, 0.717) is 31.6 Å². The largest absolute Gasteiger partial charge is 0.343 e. The van der Waals surface area contributed by atoms with Crippen molar-refractivity contribution in [2.45, 2.75) is 26.7 Å². The molecule has 25 heavy (non-hydrogen) atoms. The van der Waals surface area contributed by atoms with Crippen molar-refractivity contribution in [3.63, 3.8) is 0 Å².